The number of aromatic nitrogens is 2. The smallest absolute Gasteiger partial charge is 0.256 e. The van der Waals surface area contributed by atoms with Gasteiger partial charge >= 0.3 is 0 Å². The van der Waals surface area contributed by atoms with Crippen molar-refractivity contribution in [1.82, 2.24) is 20.0 Å². The molecule has 0 bridgehead atoms. The molecule has 0 aliphatic rings. The van der Waals surface area contributed by atoms with Gasteiger partial charge in [-0.05, 0) is 55.5 Å². The van der Waals surface area contributed by atoms with Crippen molar-refractivity contribution < 1.29 is 4.79 Å². The molecule has 0 saturated heterocycles. The van der Waals surface area contributed by atoms with Gasteiger partial charge in [-0.1, -0.05) is 29.8 Å². The summed E-state index contributed by atoms with van der Waals surface area (Å²) >= 11 is 8.12. The third kappa shape index (κ3) is 3.82. The first-order valence-electron chi connectivity index (χ1n) is 8.26. The Kier molecular flexibility index (Phi) is 5.76. The normalized spacial score (nSPS) is 12.3. The van der Waals surface area contributed by atoms with Gasteiger partial charge in [-0.2, -0.15) is 16.4 Å². The van der Waals surface area contributed by atoms with Crippen LogP contribution in [0.3, 0.4) is 0 Å². The molecule has 2 heterocycles. The molecule has 3 rings (SSSR count). The molecule has 1 unspecified atom stereocenters. The summed E-state index contributed by atoms with van der Waals surface area (Å²) in [5.41, 5.74) is 3.03. The van der Waals surface area contributed by atoms with Gasteiger partial charge in [-0.25, -0.2) is 4.68 Å². The van der Waals surface area contributed by atoms with Gasteiger partial charge < -0.3 is 10.2 Å². The van der Waals surface area contributed by atoms with Crippen LogP contribution in [0.2, 0.25) is 5.15 Å². The van der Waals surface area contributed by atoms with Crippen LogP contribution in [0.5, 0.6) is 0 Å². The van der Waals surface area contributed by atoms with Crippen LogP contribution < -0.4 is 5.32 Å². The second kappa shape index (κ2) is 8.03. The van der Waals surface area contributed by atoms with Crippen LogP contribution in [0.4, 0.5) is 0 Å². The summed E-state index contributed by atoms with van der Waals surface area (Å²) < 4.78 is 1.59. The summed E-state index contributed by atoms with van der Waals surface area (Å²) in [5.74, 6) is -0.211. The molecule has 0 spiro atoms. The highest BCUT2D eigenvalue weighted by Crippen LogP contribution is 2.24. The minimum Gasteiger partial charge on any atom is -0.350 e. The summed E-state index contributed by atoms with van der Waals surface area (Å²) in [6.45, 7) is 2.29. The zero-order valence-electron chi connectivity index (χ0n) is 14.9. The van der Waals surface area contributed by atoms with Crippen molar-refractivity contribution in [2.24, 2.45) is 0 Å². The van der Waals surface area contributed by atoms with E-state index >= 15 is 0 Å². The number of rotatable bonds is 6. The maximum atomic E-state index is 12.8. The molecule has 7 heteroatoms. The third-order valence-electron chi connectivity index (χ3n) is 4.24. The molecule has 1 aromatic carbocycles. The largest absolute Gasteiger partial charge is 0.350 e. The highest BCUT2D eigenvalue weighted by molar-refractivity contribution is 7.07. The first-order chi connectivity index (χ1) is 12.5. The first kappa shape index (κ1) is 18.6. The Labute approximate surface area is 162 Å². The predicted octanol–water partition coefficient (Wildman–Crippen LogP) is 3.93. The van der Waals surface area contributed by atoms with Gasteiger partial charge in [0.25, 0.3) is 5.91 Å². The number of hydrogen-bond donors (Lipinski definition) is 1. The van der Waals surface area contributed by atoms with E-state index in [0.717, 1.165) is 5.69 Å². The van der Waals surface area contributed by atoms with Gasteiger partial charge in [0, 0.05) is 6.54 Å². The van der Waals surface area contributed by atoms with Crippen molar-refractivity contribution >= 4 is 28.8 Å². The van der Waals surface area contributed by atoms with Gasteiger partial charge in [-0.3, -0.25) is 4.79 Å². The number of nitrogens with one attached hydrogen (secondary N) is 1. The van der Waals surface area contributed by atoms with Crippen molar-refractivity contribution in [2.75, 3.05) is 20.6 Å². The molecule has 136 valence electrons. The molecule has 3 aromatic rings. The van der Waals surface area contributed by atoms with E-state index in [1.807, 2.05) is 49.8 Å². The molecular formula is C19H21ClN4OS. The summed E-state index contributed by atoms with van der Waals surface area (Å²) in [5, 5.41) is 11.9. The average Bonchev–Trinajstić information content (AvgIpc) is 3.24. The third-order valence-corrected chi connectivity index (χ3v) is 5.29. The fraction of sp³-hybridized carbons (Fsp3) is 0.263. The van der Waals surface area contributed by atoms with E-state index in [1.165, 1.54) is 5.56 Å². The molecule has 2 aromatic heterocycles. The SMILES string of the molecule is Cc1nn(-c2ccccc2)c(Cl)c1C(=O)NCC(c1ccsc1)N(C)C. The van der Waals surface area contributed by atoms with Crippen LogP contribution in [-0.2, 0) is 0 Å². The average molecular weight is 389 g/mol. The lowest BCUT2D eigenvalue weighted by atomic mass is 10.1. The number of benzene rings is 1. The summed E-state index contributed by atoms with van der Waals surface area (Å²) in [7, 11) is 4.00. The number of halogens is 1. The summed E-state index contributed by atoms with van der Waals surface area (Å²) in [6.07, 6.45) is 0. The highest BCUT2D eigenvalue weighted by atomic mass is 35.5. The van der Waals surface area contributed by atoms with Crippen LogP contribution in [0.1, 0.15) is 27.7 Å². The van der Waals surface area contributed by atoms with Gasteiger partial charge in [0.15, 0.2) is 0 Å². The zero-order chi connectivity index (χ0) is 18.7. The van der Waals surface area contributed by atoms with E-state index in [9.17, 15) is 4.79 Å². The number of thiophene rings is 1. The van der Waals surface area contributed by atoms with Gasteiger partial charge in [0.05, 0.1) is 23.0 Å². The Morgan fingerprint density at radius 2 is 2.04 bits per heavy atom. The summed E-state index contributed by atoms with van der Waals surface area (Å²) in [4.78, 5) is 14.9. The number of likely N-dealkylation sites (N-methyl/N-ethyl adjacent to an activating group) is 1. The zero-order valence-corrected chi connectivity index (χ0v) is 16.5. The Bertz CT molecular complexity index is 875. The van der Waals surface area contributed by atoms with Crippen molar-refractivity contribution in [1.29, 1.82) is 0 Å². The second-order valence-electron chi connectivity index (χ2n) is 6.24. The van der Waals surface area contributed by atoms with Crippen LogP contribution in [0.15, 0.2) is 47.2 Å². The number of nitrogens with zero attached hydrogens (tertiary/aromatic N) is 3. The van der Waals surface area contributed by atoms with Crippen molar-refractivity contribution in [3.63, 3.8) is 0 Å². The van der Waals surface area contributed by atoms with E-state index in [0.29, 0.717) is 23.0 Å². The van der Waals surface area contributed by atoms with Crippen LogP contribution in [0, 0.1) is 6.92 Å². The van der Waals surface area contributed by atoms with Crippen LogP contribution in [-0.4, -0.2) is 41.2 Å². The fourth-order valence-corrected chi connectivity index (χ4v) is 3.90. The molecule has 5 nitrogen and oxygen atoms in total. The lowest BCUT2D eigenvalue weighted by Crippen LogP contribution is -2.34. The van der Waals surface area contributed by atoms with Crippen LogP contribution >= 0.6 is 22.9 Å². The Hall–Kier alpha value is -2.15. The second-order valence-corrected chi connectivity index (χ2v) is 7.38. The Morgan fingerprint density at radius 3 is 2.65 bits per heavy atom. The molecule has 0 radical (unpaired) electrons. The monoisotopic (exact) mass is 388 g/mol. The van der Waals surface area contributed by atoms with Crippen molar-refractivity contribution in [3.8, 4) is 5.69 Å². The van der Waals surface area contributed by atoms with Crippen LogP contribution in [0.25, 0.3) is 5.69 Å². The maximum Gasteiger partial charge on any atom is 0.256 e. The minimum atomic E-state index is -0.211. The molecule has 1 N–H and O–H groups in total. The first-order valence-corrected chi connectivity index (χ1v) is 9.58. The van der Waals surface area contributed by atoms with E-state index in [4.69, 9.17) is 11.6 Å². The summed E-state index contributed by atoms with van der Waals surface area (Å²) in [6, 6.07) is 11.7. The van der Waals surface area contributed by atoms with Crippen molar-refractivity contribution in [2.45, 2.75) is 13.0 Å². The molecule has 0 aliphatic carbocycles. The Balaban J connectivity index is 1.79. The van der Waals surface area contributed by atoms with Gasteiger partial charge in [-0.15, -0.1) is 0 Å². The molecule has 0 fully saturated rings. The predicted molar refractivity (Wildman–Crippen MR) is 106 cm³/mol. The molecule has 1 amide bonds. The molecule has 0 saturated carbocycles. The molecular weight excluding hydrogens is 368 g/mol. The number of amides is 1. The number of carbonyl (C=O) groups excluding carboxylic acids is 1. The topological polar surface area (TPSA) is 50.2 Å². The quantitative estimate of drug-likeness (QED) is 0.696. The highest BCUT2D eigenvalue weighted by Gasteiger charge is 2.23. The molecule has 0 aliphatic heterocycles. The standard InChI is InChI=1S/C19H21ClN4OS/c1-13-17(18(20)24(22-13)15-7-5-4-6-8-15)19(25)21-11-16(23(2)3)14-9-10-26-12-14/h4-10,12,16H,11H2,1-3H3,(H,21,25). The lowest BCUT2D eigenvalue weighted by Gasteiger charge is -2.24. The van der Waals surface area contributed by atoms with E-state index in [2.05, 4.69) is 26.8 Å². The van der Waals surface area contributed by atoms with Crippen molar-refractivity contribution in [3.05, 3.63) is 69.1 Å². The van der Waals surface area contributed by atoms with E-state index in [1.54, 1.807) is 22.9 Å². The Morgan fingerprint density at radius 1 is 1.31 bits per heavy atom. The van der Waals surface area contributed by atoms with Gasteiger partial charge in [0.1, 0.15) is 5.15 Å². The number of carbonyl (C=O) groups is 1. The minimum absolute atomic E-state index is 0.105. The van der Waals surface area contributed by atoms with E-state index in [-0.39, 0.29) is 11.9 Å². The number of hydrogen-bond acceptors (Lipinski definition) is 4. The van der Waals surface area contributed by atoms with Gasteiger partial charge in [0.2, 0.25) is 0 Å². The molecule has 26 heavy (non-hydrogen) atoms. The fourth-order valence-electron chi connectivity index (χ4n) is 2.84. The van der Waals surface area contributed by atoms with E-state index < -0.39 is 0 Å². The lowest BCUT2D eigenvalue weighted by molar-refractivity contribution is 0.0941. The number of aryl methyl sites for hydroxylation is 1. The number of para-hydroxylation sites is 1. The molecule has 1 atom stereocenters. The maximum absolute atomic E-state index is 12.8.